The molecule has 2 unspecified atom stereocenters. The first kappa shape index (κ1) is 12.2. The summed E-state index contributed by atoms with van der Waals surface area (Å²) in [6, 6.07) is 7.30. The van der Waals surface area contributed by atoms with Crippen LogP contribution in [-0.4, -0.2) is 28.2 Å². The number of hydrogen-bond acceptors (Lipinski definition) is 3. The maximum Gasteiger partial charge on any atom is 0.320 e. The molecule has 0 fully saturated rings. The molecule has 0 aromatic heterocycles. The number of carboxylic acid groups (broad SMARTS) is 2. The van der Waals surface area contributed by atoms with Crippen LogP contribution < -0.4 is 5.73 Å². The smallest absolute Gasteiger partial charge is 0.320 e. The van der Waals surface area contributed by atoms with Gasteiger partial charge in [-0.05, 0) is 12.0 Å². The molecule has 0 aliphatic heterocycles. The van der Waals surface area contributed by atoms with Gasteiger partial charge in [0.15, 0.2) is 0 Å². The van der Waals surface area contributed by atoms with Crippen LogP contribution in [0.15, 0.2) is 30.3 Å². The topological polar surface area (TPSA) is 101 Å². The van der Waals surface area contributed by atoms with Gasteiger partial charge in [-0.2, -0.15) is 0 Å². The zero-order chi connectivity index (χ0) is 12.1. The van der Waals surface area contributed by atoms with E-state index in [2.05, 4.69) is 0 Å². The first-order valence-electron chi connectivity index (χ1n) is 4.78. The van der Waals surface area contributed by atoms with Crippen molar-refractivity contribution in [3.05, 3.63) is 35.9 Å². The standard InChI is InChI=1S/C11H13NO4/c12-9(11(15)16)6-8(10(13)14)7-4-2-1-3-5-7/h1-5,8-9H,6,12H2,(H,13,14)(H,15,16). The quantitative estimate of drug-likeness (QED) is 0.680. The largest absolute Gasteiger partial charge is 0.481 e. The average molecular weight is 223 g/mol. The van der Waals surface area contributed by atoms with Crippen molar-refractivity contribution in [2.24, 2.45) is 5.73 Å². The fourth-order valence-corrected chi connectivity index (χ4v) is 1.42. The van der Waals surface area contributed by atoms with Crippen LogP contribution in [0.3, 0.4) is 0 Å². The molecule has 0 aliphatic carbocycles. The average Bonchev–Trinajstić information content (AvgIpc) is 2.26. The minimum absolute atomic E-state index is 0.116. The van der Waals surface area contributed by atoms with Crippen LogP contribution in [0.1, 0.15) is 17.9 Å². The van der Waals surface area contributed by atoms with Crippen LogP contribution >= 0.6 is 0 Å². The molecule has 0 aliphatic rings. The molecule has 0 spiro atoms. The first-order valence-corrected chi connectivity index (χ1v) is 4.78. The Labute approximate surface area is 92.5 Å². The molecule has 0 amide bonds. The van der Waals surface area contributed by atoms with Crippen molar-refractivity contribution < 1.29 is 19.8 Å². The highest BCUT2D eigenvalue weighted by molar-refractivity contribution is 5.79. The van der Waals surface area contributed by atoms with Gasteiger partial charge in [0, 0.05) is 0 Å². The molecule has 2 atom stereocenters. The molecule has 4 N–H and O–H groups in total. The third-order valence-electron chi connectivity index (χ3n) is 2.31. The molecule has 0 bridgehead atoms. The fourth-order valence-electron chi connectivity index (χ4n) is 1.42. The van der Waals surface area contributed by atoms with E-state index >= 15 is 0 Å². The van der Waals surface area contributed by atoms with Crippen LogP contribution in [0.4, 0.5) is 0 Å². The molecule has 0 heterocycles. The highest BCUT2D eigenvalue weighted by Crippen LogP contribution is 2.20. The molecule has 16 heavy (non-hydrogen) atoms. The molecule has 1 aromatic carbocycles. The number of rotatable bonds is 5. The number of hydrogen-bond donors (Lipinski definition) is 3. The van der Waals surface area contributed by atoms with Gasteiger partial charge >= 0.3 is 11.9 Å². The summed E-state index contributed by atoms with van der Waals surface area (Å²) in [7, 11) is 0. The number of benzene rings is 1. The van der Waals surface area contributed by atoms with Crippen LogP contribution in [0.2, 0.25) is 0 Å². The van der Waals surface area contributed by atoms with E-state index in [-0.39, 0.29) is 6.42 Å². The van der Waals surface area contributed by atoms with Gasteiger partial charge in [-0.25, -0.2) is 0 Å². The maximum absolute atomic E-state index is 11.0. The second-order valence-corrected chi connectivity index (χ2v) is 3.48. The van der Waals surface area contributed by atoms with Gasteiger partial charge in [0.1, 0.15) is 6.04 Å². The number of aliphatic carboxylic acids is 2. The lowest BCUT2D eigenvalue weighted by Crippen LogP contribution is -2.33. The van der Waals surface area contributed by atoms with Crippen LogP contribution in [0.25, 0.3) is 0 Å². The van der Waals surface area contributed by atoms with E-state index in [1.165, 1.54) is 0 Å². The summed E-state index contributed by atoms with van der Waals surface area (Å²) >= 11 is 0. The Morgan fingerprint density at radius 2 is 1.69 bits per heavy atom. The van der Waals surface area contributed by atoms with Crippen molar-refractivity contribution in [1.82, 2.24) is 0 Å². The summed E-state index contributed by atoms with van der Waals surface area (Å²) in [6.45, 7) is 0. The maximum atomic E-state index is 11.0. The normalized spacial score (nSPS) is 14.1. The molecule has 0 saturated heterocycles. The highest BCUT2D eigenvalue weighted by Gasteiger charge is 2.25. The van der Waals surface area contributed by atoms with Gasteiger partial charge in [-0.15, -0.1) is 0 Å². The molecule has 0 saturated carbocycles. The Hall–Kier alpha value is -1.88. The summed E-state index contributed by atoms with van der Waals surface area (Å²) in [5, 5.41) is 17.7. The van der Waals surface area contributed by atoms with Crippen molar-refractivity contribution in [2.75, 3.05) is 0 Å². The van der Waals surface area contributed by atoms with Gasteiger partial charge < -0.3 is 15.9 Å². The predicted molar refractivity (Wildman–Crippen MR) is 57.0 cm³/mol. The summed E-state index contributed by atoms with van der Waals surface area (Å²) < 4.78 is 0. The Balaban J connectivity index is 2.85. The van der Waals surface area contributed by atoms with Crippen molar-refractivity contribution in [1.29, 1.82) is 0 Å². The van der Waals surface area contributed by atoms with Gasteiger partial charge in [0.2, 0.25) is 0 Å². The lowest BCUT2D eigenvalue weighted by atomic mass is 9.92. The highest BCUT2D eigenvalue weighted by atomic mass is 16.4. The van der Waals surface area contributed by atoms with Crippen molar-refractivity contribution in [2.45, 2.75) is 18.4 Å². The van der Waals surface area contributed by atoms with Crippen molar-refractivity contribution >= 4 is 11.9 Å². The molecule has 0 radical (unpaired) electrons. The van der Waals surface area contributed by atoms with Crippen LogP contribution in [0.5, 0.6) is 0 Å². The van der Waals surface area contributed by atoms with Gasteiger partial charge in [0.25, 0.3) is 0 Å². The number of carboxylic acids is 2. The number of nitrogens with two attached hydrogens (primary N) is 1. The minimum atomic E-state index is -1.19. The van der Waals surface area contributed by atoms with Crippen molar-refractivity contribution in [3.63, 3.8) is 0 Å². The van der Waals surface area contributed by atoms with Crippen molar-refractivity contribution in [3.8, 4) is 0 Å². The minimum Gasteiger partial charge on any atom is -0.481 e. The molecule has 5 nitrogen and oxygen atoms in total. The fraction of sp³-hybridized carbons (Fsp3) is 0.273. The Morgan fingerprint density at radius 1 is 1.12 bits per heavy atom. The first-order chi connectivity index (χ1) is 7.52. The number of carbonyl (C=O) groups is 2. The Bertz CT molecular complexity index is 377. The van der Waals surface area contributed by atoms with E-state index in [1.807, 2.05) is 0 Å². The summed E-state index contributed by atoms with van der Waals surface area (Å²) in [5.41, 5.74) is 5.89. The summed E-state index contributed by atoms with van der Waals surface area (Å²) in [5.74, 6) is -3.14. The molecule has 5 heteroatoms. The SMILES string of the molecule is NC(CC(C(=O)O)c1ccccc1)C(=O)O. The molecule has 1 rings (SSSR count). The van der Waals surface area contributed by atoms with Gasteiger partial charge in [0.05, 0.1) is 5.92 Å². The predicted octanol–water partition coefficient (Wildman–Crippen LogP) is 0.657. The van der Waals surface area contributed by atoms with E-state index in [0.29, 0.717) is 5.56 Å². The second kappa shape index (κ2) is 5.27. The van der Waals surface area contributed by atoms with Crippen LogP contribution in [-0.2, 0) is 9.59 Å². The van der Waals surface area contributed by atoms with Gasteiger partial charge in [-0.3, -0.25) is 9.59 Å². The third-order valence-corrected chi connectivity index (χ3v) is 2.31. The second-order valence-electron chi connectivity index (χ2n) is 3.48. The zero-order valence-electron chi connectivity index (χ0n) is 8.54. The summed E-state index contributed by atoms with van der Waals surface area (Å²) in [6.07, 6.45) is -0.116. The molecule has 1 aromatic rings. The van der Waals surface area contributed by atoms with E-state index in [1.54, 1.807) is 30.3 Å². The Morgan fingerprint density at radius 3 is 2.12 bits per heavy atom. The lowest BCUT2D eigenvalue weighted by molar-refractivity contribution is -0.141. The monoisotopic (exact) mass is 223 g/mol. The van der Waals surface area contributed by atoms with Gasteiger partial charge in [-0.1, -0.05) is 30.3 Å². The zero-order valence-corrected chi connectivity index (χ0v) is 8.54. The molecule has 86 valence electrons. The van der Waals surface area contributed by atoms with E-state index < -0.39 is 23.9 Å². The van der Waals surface area contributed by atoms with E-state index in [0.717, 1.165) is 0 Å². The summed E-state index contributed by atoms with van der Waals surface area (Å²) in [4.78, 5) is 21.6. The molecular weight excluding hydrogens is 210 g/mol. The molecular formula is C11H13NO4. The lowest BCUT2D eigenvalue weighted by Gasteiger charge is -2.14. The Kier molecular flexibility index (Phi) is 4.02. The van der Waals surface area contributed by atoms with Crippen LogP contribution in [0, 0.1) is 0 Å². The van der Waals surface area contributed by atoms with E-state index in [9.17, 15) is 9.59 Å². The third kappa shape index (κ3) is 3.06. The van der Waals surface area contributed by atoms with E-state index in [4.69, 9.17) is 15.9 Å².